The number of aromatic nitrogens is 4. The first-order chi connectivity index (χ1) is 13.1. The third-order valence-electron chi connectivity index (χ3n) is 5.06. The molecular weight excluding hydrogens is 360 g/mol. The number of aryl methyl sites for hydroxylation is 1. The van der Waals surface area contributed by atoms with Gasteiger partial charge in [0.15, 0.2) is 17.0 Å². The van der Waals surface area contributed by atoms with Gasteiger partial charge in [0.25, 0.3) is 5.92 Å². The Hall–Kier alpha value is -2.57. The van der Waals surface area contributed by atoms with Gasteiger partial charge < -0.3 is 9.47 Å². The van der Waals surface area contributed by atoms with E-state index in [1.165, 1.54) is 5.56 Å². The molecule has 28 heavy (non-hydrogen) atoms. The molecule has 1 saturated heterocycles. The summed E-state index contributed by atoms with van der Waals surface area (Å²) in [6.45, 7) is 8.69. The number of anilines is 1. The van der Waals surface area contributed by atoms with Crippen LogP contribution in [0.15, 0.2) is 30.6 Å². The Bertz CT molecular complexity index is 1000. The Morgan fingerprint density at radius 2 is 1.82 bits per heavy atom. The summed E-state index contributed by atoms with van der Waals surface area (Å²) in [6.07, 6.45) is 1.57. The molecule has 1 aromatic carbocycles. The summed E-state index contributed by atoms with van der Waals surface area (Å²) in [4.78, 5) is 15.6. The van der Waals surface area contributed by atoms with Crippen molar-refractivity contribution in [2.45, 2.75) is 52.0 Å². The molecule has 5 nitrogen and oxygen atoms in total. The third kappa shape index (κ3) is 3.57. The minimum absolute atomic E-state index is 0.159. The van der Waals surface area contributed by atoms with Crippen LogP contribution >= 0.6 is 0 Å². The molecule has 3 heterocycles. The van der Waals surface area contributed by atoms with E-state index in [1.54, 1.807) is 11.2 Å². The SMILES string of the molecule is Cc1ccc(Cn2cnc3c(N4CCC(F)(F)C4)nc(C(C)(C)C)nc32)cc1. The second-order valence-corrected chi connectivity index (χ2v) is 8.68. The number of hydrogen-bond acceptors (Lipinski definition) is 4. The number of nitrogens with zero attached hydrogens (tertiary/aromatic N) is 5. The molecule has 0 saturated carbocycles. The normalized spacial score (nSPS) is 16.9. The smallest absolute Gasteiger partial charge is 0.266 e. The summed E-state index contributed by atoms with van der Waals surface area (Å²) in [6, 6.07) is 8.30. The van der Waals surface area contributed by atoms with Crippen LogP contribution in [0.4, 0.5) is 14.6 Å². The van der Waals surface area contributed by atoms with Gasteiger partial charge in [-0.2, -0.15) is 0 Å². The molecule has 148 valence electrons. The Morgan fingerprint density at radius 1 is 1.11 bits per heavy atom. The Kier molecular flexibility index (Phi) is 4.36. The van der Waals surface area contributed by atoms with E-state index in [9.17, 15) is 8.78 Å². The Balaban J connectivity index is 1.81. The predicted molar refractivity (Wildman–Crippen MR) is 106 cm³/mol. The highest BCUT2D eigenvalue weighted by molar-refractivity contribution is 5.84. The van der Waals surface area contributed by atoms with Gasteiger partial charge in [0.1, 0.15) is 5.82 Å². The van der Waals surface area contributed by atoms with Crippen LogP contribution in [-0.4, -0.2) is 38.5 Å². The van der Waals surface area contributed by atoms with Crippen molar-refractivity contribution >= 4 is 17.0 Å². The molecule has 0 amide bonds. The molecule has 0 aliphatic carbocycles. The maximum atomic E-state index is 13.8. The minimum atomic E-state index is -2.69. The second kappa shape index (κ2) is 6.50. The molecule has 1 fully saturated rings. The Labute approximate surface area is 163 Å². The maximum Gasteiger partial charge on any atom is 0.266 e. The number of hydrogen-bond donors (Lipinski definition) is 0. The van der Waals surface area contributed by atoms with Crippen LogP contribution in [0.5, 0.6) is 0 Å². The highest BCUT2D eigenvalue weighted by atomic mass is 19.3. The molecule has 0 atom stereocenters. The number of halogens is 2. The monoisotopic (exact) mass is 385 g/mol. The van der Waals surface area contributed by atoms with Crippen LogP contribution in [0.25, 0.3) is 11.2 Å². The van der Waals surface area contributed by atoms with Crippen LogP contribution in [0.2, 0.25) is 0 Å². The predicted octanol–water partition coefficient (Wildman–Crippen LogP) is 4.33. The summed E-state index contributed by atoms with van der Waals surface area (Å²) in [5, 5.41) is 0. The first kappa shape index (κ1) is 18.8. The van der Waals surface area contributed by atoms with Crippen LogP contribution in [0, 0.1) is 6.92 Å². The van der Waals surface area contributed by atoms with E-state index in [4.69, 9.17) is 4.98 Å². The standard InChI is InChI=1S/C21H25F2N5/c1-14-5-7-15(8-6-14)11-28-13-24-16-17(27-10-9-21(22,23)12-27)25-19(20(2,3)4)26-18(16)28/h5-8,13H,9-12H2,1-4H3. The van der Waals surface area contributed by atoms with Crippen molar-refractivity contribution in [1.82, 2.24) is 19.5 Å². The molecule has 7 heteroatoms. The van der Waals surface area contributed by atoms with E-state index in [2.05, 4.69) is 41.2 Å². The zero-order valence-electron chi connectivity index (χ0n) is 16.7. The van der Waals surface area contributed by atoms with Gasteiger partial charge in [0.2, 0.25) is 0 Å². The number of benzene rings is 1. The van der Waals surface area contributed by atoms with Gasteiger partial charge in [0, 0.05) is 18.4 Å². The van der Waals surface area contributed by atoms with Crippen LogP contribution < -0.4 is 4.90 Å². The zero-order valence-corrected chi connectivity index (χ0v) is 16.7. The van der Waals surface area contributed by atoms with Crippen LogP contribution in [0.1, 0.15) is 44.1 Å². The van der Waals surface area contributed by atoms with Gasteiger partial charge in [-0.15, -0.1) is 0 Å². The molecular formula is C21H25F2N5. The molecule has 0 radical (unpaired) electrons. The summed E-state index contributed by atoms with van der Waals surface area (Å²) in [7, 11) is 0. The average molecular weight is 385 g/mol. The highest BCUT2D eigenvalue weighted by Gasteiger charge is 2.40. The van der Waals surface area contributed by atoms with Crippen molar-refractivity contribution in [3.05, 3.63) is 47.5 Å². The van der Waals surface area contributed by atoms with Crippen molar-refractivity contribution < 1.29 is 8.78 Å². The highest BCUT2D eigenvalue weighted by Crippen LogP contribution is 2.34. The average Bonchev–Trinajstić information content (AvgIpc) is 3.18. The van der Waals surface area contributed by atoms with E-state index < -0.39 is 5.92 Å². The van der Waals surface area contributed by atoms with Crippen LogP contribution in [0.3, 0.4) is 0 Å². The van der Waals surface area contributed by atoms with E-state index in [0.29, 0.717) is 29.4 Å². The number of alkyl halides is 2. The molecule has 0 N–H and O–H groups in total. The number of fused-ring (bicyclic) bond motifs is 1. The molecule has 0 bridgehead atoms. The van der Waals surface area contributed by atoms with E-state index in [1.807, 2.05) is 25.3 Å². The summed E-state index contributed by atoms with van der Waals surface area (Å²) >= 11 is 0. The molecule has 1 aliphatic rings. The lowest BCUT2D eigenvalue weighted by molar-refractivity contribution is 0.0257. The molecule has 2 aromatic heterocycles. The van der Waals surface area contributed by atoms with Gasteiger partial charge in [0.05, 0.1) is 19.4 Å². The van der Waals surface area contributed by atoms with Gasteiger partial charge >= 0.3 is 0 Å². The van der Waals surface area contributed by atoms with Crippen molar-refractivity contribution in [2.24, 2.45) is 0 Å². The molecule has 0 unspecified atom stereocenters. The van der Waals surface area contributed by atoms with Crippen molar-refractivity contribution in [3.8, 4) is 0 Å². The summed E-state index contributed by atoms with van der Waals surface area (Å²) < 4.78 is 29.6. The van der Waals surface area contributed by atoms with Gasteiger partial charge in [-0.1, -0.05) is 50.6 Å². The summed E-state index contributed by atoms with van der Waals surface area (Å²) in [5.41, 5.74) is 3.30. The fraction of sp³-hybridized carbons (Fsp3) is 0.476. The lowest BCUT2D eigenvalue weighted by atomic mass is 9.96. The first-order valence-corrected chi connectivity index (χ1v) is 9.54. The Morgan fingerprint density at radius 3 is 2.43 bits per heavy atom. The molecule has 3 aromatic rings. The third-order valence-corrected chi connectivity index (χ3v) is 5.06. The van der Waals surface area contributed by atoms with Crippen LogP contribution in [-0.2, 0) is 12.0 Å². The van der Waals surface area contributed by atoms with E-state index in [0.717, 1.165) is 5.56 Å². The molecule has 4 rings (SSSR count). The van der Waals surface area contributed by atoms with Crippen molar-refractivity contribution in [2.75, 3.05) is 18.0 Å². The molecule has 0 spiro atoms. The summed E-state index contributed by atoms with van der Waals surface area (Å²) in [5.74, 6) is -1.55. The topological polar surface area (TPSA) is 46.8 Å². The first-order valence-electron chi connectivity index (χ1n) is 9.54. The fourth-order valence-electron chi connectivity index (χ4n) is 3.41. The maximum absolute atomic E-state index is 13.8. The minimum Gasteiger partial charge on any atom is -0.348 e. The van der Waals surface area contributed by atoms with Gasteiger partial charge in [-0.25, -0.2) is 23.7 Å². The zero-order chi connectivity index (χ0) is 20.1. The second-order valence-electron chi connectivity index (χ2n) is 8.68. The number of imidazole rings is 1. The van der Waals surface area contributed by atoms with Crippen molar-refractivity contribution in [1.29, 1.82) is 0 Å². The lowest BCUT2D eigenvalue weighted by Crippen LogP contribution is -2.27. The number of rotatable bonds is 3. The largest absolute Gasteiger partial charge is 0.348 e. The van der Waals surface area contributed by atoms with Gasteiger partial charge in [-0.3, -0.25) is 0 Å². The lowest BCUT2D eigenvalue weighted by Gasteiger charge is -2.22. The van der Waals surface area contributed by atoms with E-state index >= 15 is 0 Å². The fourth-order valence-corrected chi connectivity index (χ4v) is 3.41. The van der Waals surface area contributed by atoms with Crippen molar-refractivity contribution in [3.63, 3.8) is 0 Å². The quantitative estimate of drug-likeness (QED) is 0.673. The van der Waals surface area contributed by atoms with E-state index in [-0.39, 0.29) is 24.9 Å². The van der Waals surface area contributed by atoms with Gasteiger partial charge in [-0.05, 0) is 12.5 Å². The molecule has 1 aliphatic heterocycles.